The van der Waals surface area contributed by atoms with Crippen LogP contribution in [0.5, 0.6) is 11.5 Å². The zero-order chi connectivity index (χ0) is 16.7. The number of hydrogen-bond acceptors (Lipinski definition) is 5. The third-order valence-corrected chi connectivity index (χ3v) is 2.92. The van der Waals surface area contributed by atoms with Crippen molar-refractivity contribution in [2.24, 2.45) is 5.73 Å². The Morgan fingerprint density at radius 3 is 2.14 bits per heavy atom. The highest BCUT2D eigenvalue weighted by molar-refractivity contribution is 5.79. The van der Waals surface area contributed by atoms with Gasteiger partial charge in [0.2, 0.25) is 0 Å². The fourth-order valence-electron chi connectivity index (χ4n) is 1.62. The van der Waals surface area contributed by atoms with Gasteiger partial charge in [0.15, 0.2) is 17.5 Å². The number of carbonyl (C=O) groups excluding carboxylic acids is 3. The SMILES string of the molecule is CCC(=O)Oc1ccc(C[C@H]([NH3+])C(N)=O)cc1OC(=O)CC. The molecule has 1 aromatic carbocycles. The molecule has 0 aliphatic rings. The van der Waals surface area contributed by atoms with E-state index in [0.29, 0.717) is 12.0 Å². The average Bonchev–Trinajstić information content (AvgIpc) is 2.49. The van der Waals surface area contributed by atoms with Gasteiger partial charge < -0.3 is 20.9 Å². The Morgan fingerprint density at radius 2 is 1.64 bits per heavy atom. The van der Waals surface area contributed by atoms with E-state index in [4.69, 9.17) is 15.2 Å². The Morgan fingerprint density at radius 1 is 1.09 bits per heavy atom. The smallest absolute Gasteiger partial charge is 0.311 e. The van der Waals surface area contributed by atoms with Gasteiger partial charge in [-0.3, -0.25) is 14.4 Å². The summed E-state index contributed by atoms with van der Waals surface area (Å²) < 4.78 is 10.3. The lowest BCUT2D eigenvalue weighted by Crippen LogP contribution is -2.67. The molecule has 1 aromatic rings. The van der Waals surface area contributed by atoms with E-state index in [1.807, 2.05) is 0 Å². The van der Waals surface area contributed by atoms with Crippen molar-refractivity contribution in [2.75, 3.05) is 0 Å². The molecular weight excluding hydrogens is 288 g/mol. The van der Waals surface area contributed by atoms with Gasteiger partial charge in [-0.05, 0) is 17.7 Å². The van der Waals surface area contributed by atoms with Crippen molar-refractivity contribution in [3.63, 3.8) is 0 Å². The van der Waals surface area contributed by atoms with Gasteiger partial charge in [0.25, 0.3) is 5.91 Å². The number of esters is 2. The first kappa shape index (κ1) is 17.6. The summed E-state index contributed by atoms with van der Waals surface area (Å²) in [6, 6.07) is 4.14. The molecule has 0 saturated carbocycles. The van der Waals surface area contributed by atoms with Gasteiger partial charge >= 0.3 is 11.9 Å². The predicted octanol–water partition coefficient (Wildman–Crippen LogP) is -0.0443. The summed E-state index contributed by atoms with van der Waals surface area (Å²) in [5.74, 6) is -1.10. The Hall–Kier alpha value is -2.41. The van der Waals surface area contributed by atoms with Crippen LogP contribution < -0.4 is 20.9 Å². The molecule has 0 spiro atoms. The van der Waals surface area contributed by atoms with E-state index >= 15 is 0 Å². The number of hydrogen-bond donors (Lipinski definition) is 2. The maximum Gasteiger partial charge on any atom is 0.311 e. The van der Waals surface area contributed by atoms with Crippen LogP contribution >= 0.6 is 0 Å². The van der Waals surface area contributed by atoms with Crippen LogP contribution in [0, 0.1) is 0 Å². The van der Waals surface area contributed by atoms with Crippen molar-refractivity contribution < 1.29 is 29.6 Å². The van der Waals surface area contributed by atoms with Gasteiger partial charge in [-0.2, -0.15) is 0 Å². The minimum absolute atomic E-state index is 0.142. The van der Waals surface area contributed by atoms with E-state index in [2.05, 4.69) is 5.73 Å². The van der Waals surface area contributed by atoms with Crippen LogP contribution in [0.25, 0.3) is 0 Å². The lowest BCUT2D eigenvalue weighted by atomic mass is 10.1. The molecule has 0 aromatic heterocycles. The summed E-state index contributed by atoms with van der Waals surface area (Å²) >= 11 is 0. The maximum atomic E-state index is 11.5. The second-order valence-electron chi connectivity index (χ2n) is 4.74. The lowest BCUT2D eigenvalue weighted by Gasteiger charge is -2.12. The summed E-state index contributed by atoms with van der Waals surface area (Å²) in [6.07, 6.45) is 0.685. The minimum Gasteiger partial charge on any atom is -0.423 e. The molecule has 0 unspecified atom stereocenters. The van der Waals surface area contributed by atoms with Crippen molar-refractivity contribution in [3.05, 3.63) is 23.8 Å². The first-order chi connectivity index (χ1) is 10.4. The Kier molecular flexibility index (Phi) is 6.52. The molecule has 0 fully saturated rings. The largest absolute Gasteiger partial charge is 0.423 e. The van der Waals surface area contributed by atoms with E-state index in [0.717, 1.165) is 0 Å². The number of carbonyl (C=O) groups is 3. The third kappa shape index (κ3) is 5.17. The average molecular weight is 309 g/mol. The highest BCUT2D eigenvalue weighted by Gasteiger charge is 2.17. The highest BCUT2D eigenvalue weighted by Crippen LogP contribution is 2.29. The number of benzene rings is 1. The fourth-order valence-corrected chi connectivity index (χ4v) is 1.62. The van der Waals surface area contributed by atoms with Crippen LogP contribution in [-0.2, 0) is 20.8 Å². The normalized spacial score (nSPS) is 11.6. The first-order valence-corrected chi connectivity index (χ1v) is 7.04. The van der Waals surface area contributed by atoms with Crippen molar-refractivity contribution in [1.29, 1.82) is 0 Å². The number of rotatable bonds is 7. The Labute approximate surface area is 128 Å². The van der Waals surface area contributed by atoms with E-state index in [9.17, 15) is 14.4 Å². The number of ether oxygens (including phenoxy) is 2. The number of amides is 1. The lowest BCUT2D eigenvalue weighted by molar-refractivity contribution is -0.402. The molecule has 0 radical (unpaired) electrons. The zero-order valence-corrected chi connectivity index (χ0v) is 12.8. The van der Waals surface area contributed by atoms with Crippen LogP contribution in [-0.4, -0.2) is 23.9 Å². The molecule has 22 heavy (non-hydrogen) atoms. The second kappa shape index (κ2) is 8.14. The zero-order valence-electron chi connectivity index (χ0n) is 12.8. The Balaban J connectivity index is 3.04. The molecule has 0 heterocycles. The van der Waals surface area contributed by atoms with Crippen molar-refractivity contribution >= 4 is 17.8 Å². The van der Waals surface area contributed by atoms with Crippen LogP contribution in [0.15, 0.2) is 18.2 Å². The summed E-state index contributed by atoms with van der Waals surface area (Å²) in [7, 11) is 0. The topological polar surface area (TPSA) is 123 Å². The highest BCUT2D eigenvalue weighted by atomic mass is 16.6. The standard InChI is InChI=1S/C15H20N2O5/c1-3-13(18)21-11-6-5-9(7-10(16)15(17)20)8-12(11)22-14(19)4-2/h5-6,8,10H,3-4,7,16H2,1-2H3,(H2,17,20)/p+1/t10-/m0/s1. The first-order valence-electron chi connectivity index (χ1n) is 7.04. The van der Waals surface area contributed by atoms with Crippen molar-refractivity contribution in [1.82, 2.24) is 0 Å². The van der Waals surface area contributed by atoms with Crippen LogP contribution in [0.4, 0.5) is 0 Å². The van der Waals surface area contributed by atoms with Crippen molar-refractivity contribution in [3.8, 4) is 11.5 Å². The molecule has 5 N–H and O–H groups in total. The number of nitrogens with two attached hydrogens (primary N) is 1. The molecule has 7 heteroatoms. The molecule has 7 nitrogen and oxygen atoms in total. The molecule has 0 aliphatic carbocycles. The van der Waals surface area contributed by atoms with E-state index in [1.54, 1.807) is 26.0 Å². The van der Waals surface area contributed by atoms with Crippen LogP contribution in [0.3, 0.4) is 0 Å². The maximum absolute atomic E-state index is 11.5. The Bertz CT molecular complexity index is 571. The fraction of sp³-hybridized carbons (Fsp3) is 0.400. The molecule has 1 rings (SSSR count). The summed E-state index contributed by atoms with van der Waals surface area (Å²) in [5, 5.41) is 0. The summed E-state index contributed by atoms with van der Waals surface area (Å²) in [4.78, 5) is 34.0. The molecule has 0 bridgehead atoms. The van der Waals surface area contributed by atoms with E-state index < -0.39 is 23.9 Å². The second-order valence-corrected chi connectivity index (χ2v) is 4.74. The van der Waals surface area contributed by atoms with E-state index in [-0.39, 0.29) is 24.3 Å². The van der Waals surface area contributed by atoms with Gasteiger partial charge in [-0.15, -0.1) is 0 Å². The van der Waals surface area contributed by atoms with Crippen LogP contribution in [0.2, 0.25) is 0 Å². The van der Waals surface area contributed by atoms with Gasteiger partial charge in [0.05, 0.1) is 0 Å². The van der Waals surface area contributed by atoms with Gasteiger partial charge in [-0.1, -0.05) is 19.9 Å². The quantitative estimate of drug-likeness (QED) is 0.540. The van der Waals surface area contributed by atoms with Crippen LogP contribution in [0.1, 0.15) is 32.3 Å². The number of primary amides is 1. The van der Waals surface area contributed by atoms with E-state index in [1.165, 1.54) is 6.07 Å². The summed E-state index contributed by atoms with van der Waals surface area (Å²) in [6.45, 7) is 3.32. The molecule has 1 amide bonds. The minimum atomic E-state index is -0.598. The molecular formula is C15H21N2O5+. The molecule has 1 atom stereocenters. The summed E-state index contributed by atoms with van der Waals surface area (Å²) in [5.41, 5.74) is 9.54. The van der Waals surface area contributed by atoms with Gasteiger partial charge in [0, 0.05) is 19.3 Å². The number of quaternary nitrogens is 1. The molecule has 0 saturated heterocycles. The third-order valence-electron chi connectivity index (χ3n) is 2.92. The van der Waals surface area contributed by atoms with Gasteiger partial charge in [-0.25, -0.2) is 0 Å². The monoisotopic (exact) mass is 309 g/mol. The van der Waals surface area contributed by atoms with Gasteiger partial charge in [0.1, 0.15) is 0 Å². The van der Waals surface area contributed by atoms with Crippen molar-refractivity contribution in [2.45, 2.75) is 39.2 Å². The molecule has 120 valence electrons. The molecule has 0 aliphatic heterocycles. The predicted molar refractivity (Wildman–Crippen MR) is 77.9 cm³/mol.